The largest absolute Gasteiger partial charge is 0.343 e. The highest BCUT2D eigenvalue weighted by Gasteiger charge is 2.06. The van der Waals surface area contributed by atoms with Crippen LogP contribution in [0.3, 0.4) is 0 Å². The highest BCUT2D eigenvalue weighted by atomic mass is 35.5. The normalized spacial score (nSPS) is 11.2. The molecule has 0 aliphatic heterocycles. The van der Waals surface area contributed by atoms with Gasteiger partial charge in [-0.3, -0.25) is 0 Å². The number of thiophene rings is 1. The van der Waals surface area contributed by atoms with Gasteiger partial charge < -0.3 is 4.57 Å². The van der Waals surface area contributed by atoms with Crippen LogP contribution in [-0.4, -0.2) is 4.57 Å². The second-order valence-corrected chi connectivity index (χ2v) is 7.21. The zero-order valence-corrected chi connectivity index (χ0v) is 14.5. The first-order valence-electron chi connectivity index (χ1n) is 7.27. The van der Waals surface area contributed by atoms with Crippen molar-refractivity contribution >= 4 is 45.4 Å². The third kappa shape index (κ3) is 2.90. The molecule has 0 spiro atoms. The summed E-state index contributed by atoms with van der Waals surface area (Å²) >= 11 is 13.9. The van der Waals surface area contributed by atoms with E-state index in [9.17, 15) is 0 Å². The summed E-state index contributed by atoms with van der Waals surface area (Å²) in [6.07, 6.45) is 2.12. The lowest BCUT2D eigenvalue weighted by Crippen LogP contribution is -1.97. The van der Waals surface area contributed by atoms with Crippen LogP contribution < -0.4 is 0 Å². The maximum absolute atomic E-state index is 6.11. The first kappa shape index (κ1) is 14.8. The maximum atomic E-state index is 6.11. The van der Waals surface area contributed by atoms with Crippen molar-refractivity contribution < 1.29 is 0 Å². The molecule has 0 saturated heterocycles. The molecule has 1 nitrogen and oxygen atoms in total. The number of nitrogens with zero attached hydrogens (tertiary/aromatic N) is 1. The molecule has 114 valence electrons. The van der Waals surface area contributed by atoms with Crippen LogP contribution in [0.1, 0.15) is 5.56 Å². The fourth-order valence-electron chi connectivity index (χ4n) is 2.77. The van der Waals surface area contributed by atoms with Crippen molar-refractivity contribution in [2.45, 2.75) is 6.54 Å². The van der Waals surface area contributed by atoms with Crippen molar-refractivity contribution in [2.75, 3.05) is 0 Å². The van der Waals surface area contributed by atoms with Gasteiger partial charge in [0, 0.05) is 28.5 Å². The van der Waals surface area contributed by atoms with E-state index in [4.69, 9.17) is 23.2 Å². The standard InChI is InChI=1S/C19H13Cl2NS/c20-16-5-3-13(10-17(16)21)12-22-8-7-14-11-15(4-6-18(14)22)19-2-1-9-23-19/h1-11H,12H2. The molecule has 23 heavy (non-hydrogen) atoms. The van der Waals surface area contributed by atoms with Crippen LogP contribution in [0.4, 0.5) is 0 Å². The van der Waals surface area contributed by atoms with Gasteiger partial charge in [-0.25, -0.2) is 0 Å². The summed E-state index contributed by atoms with van der Waals surface area (Å²) in [6, 6.07) is 18.8. The van der Waals surface area contributed by atoms with E-state index in [1.54, 1.807) is 11.3 Å². The van der Waals surface area contributed by atoms with Crippen LogP contribution in [0.2, 0.25) is 10.0 Å². The second kappa shape index (κ2) is 6.04. The Balaban J connectivity index is 1.69. The van der Waals surface area contributed by atoms with Crippen LogP contribution >= 0.6 is 34.5 Å². The van der Waals surface area contributed by atoms with Crippen LogP contribution in [0.5, 0.6) is 0 Å². The van der Waals surface area contributed by atoms with Crippen LogP contribution in [0.25, 0.3) is 21.3 Å². The monoisotopic (exact) mass is 357 g/mol. The Labute approximate surface area is 148 Å². The highest BCUT2D eigenvalue weighted by molar-refractivity contribution is 7.13. The number of hydrogen-bond donors (Lipinski definition) is 0. The van der Waals surface area contributed by atoms with Crippen LogP contribution in [-0.2, 0) is 6.54 Å². The van der Waals surface area contributed by atoms with Gasteiger partial charge in [0.15, 0.2) is 0 Å². The molecule has 4 heteroatoms. The Morgan fingerprint density at radius 2 is 1.83 bits per heavy atom. The van der Waals surface area contributed by atoms with Gasteiger partial charge in [0.25, 0.3) is 0 Å². The minimum atomic E-state index is 0.591. The number of rotatable bonds is 3. The van der Waals surface area contributed by atoms with Gasteiger partial charge >= 0.3 is 0 Å². The van der Waals surface area contributed by atoms with Gasteiger partial charge in [-0.1, -0.05) is 41.4 Å². The Morgan fingerprint density at radius 3 is 2.61 bits per heavy atom. The molecule has 2 aromatic carbocycles. The molecule has 0 saturated carbocycles. The predicted octanol–water partition coefficient (Wildman–Crippen LogP) is 6.72. The van der Waals surface area contributed by atoms with Crippen molar-refractivity contribution in [3.8, 4) is 10.4 Å². The molecule has 0 N–H and O–H groups in total. The van der Waals surface area contributed by atoms with E-state index in [1.165, 1.54) is 21.3 Å². The molecular weight excluding hydrogens is 345 g/mol. The van der Waals surface area contributed by atoms with Crippen molar-refractivity contribution in [3.05, 3.63) is 81.8 Å². The lowest BCUT2D eigenvalue weighted by molar-refractivity contribution is 0.837. The van der Waals surface area contributed by atoms with E-state index in [0.717, 1.165) is 12.1 Å². The first-order valence-corrected chi connectivity index (χ1v) is 8.91. The van der Waals surface area contributed by atoms with Crippen LogP contribution in [0.15, 0.2) is 66.2 Å². The molecule has 4 aromatic rings. The predicted molar refractivity (Wildman–Crippen MR) is 101 cm³/mol. The lowest BCUT2D eigenvalue weighted by Gasteiger charge is -2.07. The van der Waals surface area contributed by atoms with E-state index >= 15 is 0 Å². The van der Waals surface area contributed by atoms with E-state index in [1.807, 2.05) is 18.2 Å². The summed E-state index contributed by atoms with van der Waals surface area (Å²) in [4.78, 5) is 1.30. The molecule has 0 radical (unpaired) electrons. The molecule has 2 aromatic heterocycles. The van der Waals surface area contributed by atoms with Gasteiger partial charge in [0.1, 0.15) is 0 Å². The number of benzene rings is 2. The van der Waals surface area contributed by atoms with Gasteiger partial charge in [0.2, 0.25) is 0 Å². The van der Waals surface area contributed by atoms with Crippen molar-refractivity contribution in [1.82, 2.24) is 4.57 Å². The molecule has 0 unspecified atom stereocenters. The zero-order valence-electron chi connectivity index (χ0n) is 12.2. The van der Waals surface area contributed by atoms with Gasteiger partial charge in [-0.2, -0.15) is 0 Å². The van der Waals surface area contributed by atoms with Crippen LogP contribution in [0, 0.1) is 0 Å². The molecular formula is C19H13Cl2NS. The van der Waals surface area contributed by atoms with Gasteiger partial charge in [-0.15, -0.1) is 11.3 Å². The fourth-order valence-corrected chi connectivity index (χ4v) is 3.81. The molecule has 4 rings (SSSR count). The molecule has 2 heterocycles. The topological polar surface area (TPSA) is 4.93 Å². The highest BCUT2D eigenvalue weighted by Crippen LogP contribution is 2.29. The van der Waals surface area contributed by atoms with Gasteiger partial charge in [0.05, 0.1) is 10.0 Å². The van der Waals surface area contributed by atoms with Crippen molar-refractivity contribution in [3.63, 3.8) is 0 Å². The number of fused-ring (bicyclic) bond motifs is 1. The third-order valence-electron chi connectivity index (χ3n) is 3.91. The summed E-state index contributed by atoms with van der Waals surface area (Å²) in [5, 5.41) is 4.54. The third-order valence-corrected chi connectivity index (χ3v) is 5.57. The summed E-state index contributed by atoms with van der Waals surface area (Å²) in [5.74, 6) is 0. The first-order chi connectivity index (χ1) is 11.2. The average molecular weight is 358 g/mol. The molecule has 0 atom stereocenters. The minimum Gasteiger partial charge on any atom is -0.343 e. The summed E-state index contributed by atoms with van der Waals surface area (Å²) in [7, 11) is 0. The van der Waals surface area contributed by atoms with E-state index < -0.39 is 0 Å². The fraction of sp³-hybridized carbons (Fsp3) is 0.0526. The molecule has 0 bridgehead atoms. The Morgan fingerprint density at radius 1 is 0.913 bits per heavy atom. The lowest BCUT2D eigenvalue weighted by atomic mass is 10.1. The Hall–Kier alpha value is -1.74. The molecule has 0 aliphatic carbocycles. The smallest absolute Gasteiger partial charge is 0.0595 e. The van der Waals surface area contributed by atoms with Crippen molar-refractivity contribution in [1.29, 1.82) is 0 Å². The van der Waals surface area contributed by atoms with Gasteiger partial charge in [-0.05, 0) is 52.9 Å². The minimum absolute atomic E-state index is 0.591. The Bertz CT molecular complexity index is 970. The molecule has 0 amide bonds. The van der Waals surface area contributed by atoms with E-state index in [-0.39, 0.29) is 0 Å². The summed E-state index contributed by atoms with van der Waals surface area (Å²) in [6.45, 7) is 0.777. The quantitative estimate of drug-likeness (QED) is 0.383. The second-order valence-electron chi connectivity index (χ2n) is 5.44. The molecule has 0 fully saturated rings. The Kier molecular flexibility index (Phi) is 3.90. The van der Waals surface area contributed by atoms with E-state index in [2.05, 4.69) is 52.5 Å². The van der Waals surface area contributed by atoms with E-state index in [0.29, 0.717) is 10.0 Å². The summed E-state index contributed by atoms with van der Waals surface area (Å²) < 4.78 is 2.23. The zero-order chi connectivity index (χ0) is 15.8. The summed E-state index contributed by atoms with van der Waals surface area (Å²) in [5.41, 5.74) is 3.62. The maximum Gasteiger partial charge on any atom is 0.0595 e. The number of hydrogen-bond acceptors (Lipinski definition) is 1. The number of halogens is 2. The molecule has 0 aliphatic rings. The van der Waals surface area contributed by atoms with Crippen molar-refractivity contribution in [2.24, 2.45) is 0 Å². The number of aromatic nitrogens is 1. The SMILES string of the molecule is Clc1ccc(Cn2ccc3cc(-c4cccs4)ccc32)cc1Cl. The average Bonchev–Trinajstić information content (AvgIpc) is 3.21.